The Balaban J connectivity index is 2.75. The minimum Gasteiger partial charge on any atom is -0.385 e. The number of amides is 1. The smallest absolute Gasteiger partial charge is 0.269 e. The van der Waals surface area contributed by atoms with Crippen molar-refractivity contribution >= 4 is 5.91 Å². The molecule has 0 bridgehead atoms. The van der Waals surface area contributed by atoms with Crippen molar-refractivity contribution in [1.29, 1.82) is 0 Å². The highest BCUT2D eigenvalue weighted by atomic mass is 16.5. The zero-order valence-electron chi connectivity index (χ0n) is 8.97. The van der Waals surface area contributed by atoms with Crippen LogP contribution in [0.1, 0.15) is 0 Å². The van der Waals surface area contributed by atoms with Crippen molar-refractivity contribution in [3.63, 3.8) is 0 Å². The van der Waals surface area contributed by atoms with Gasteiger partial charge in [-0.05, 0) is 17.5 Å². The predicted molar refractivity (Wildman–Crippen MR) is 57.7 cm³/mol. The maximum absolute atomic E-state index is 11.8. The summed E-state index contributed by atoms with van der Waals surface area (Å²) < 4.78 is 4.80. The molecule has 1 aliphatic rings. The van der Waals surface area contributed by atoms with E-state index in [1.807, 2.05) is 0 Å². The molecule has 0 fully saturated rings. The molecule has 1 heterocycles. The van der Waals surface area contributed by atoms with Gasteiger partial charge in [0.05, 0.1) is 25.3 Å². The molecule has 0 saturated heterocycles. The monoisotopic (exact) mass is 226 g/mol. The highest BCUT2D eigenvalue weighted by molar-refractivity contribution is 5.96. The molecule has 16 heavy (non-hydrogen) atoms. The van der Waals surface area contributed by atoms with Crippen LogP contribution in [0.2, 0.25) is 0 Å². The molecule has 0 aromatic heterocycles. The van der Waals surface area contributed by atoms with Gasteiger partial charge in [-0.15, -0.1) is 4.91 Å². The van der Waals surface area contributed by atoms with Crippen molar-refractivity contribution in [2.45, 2.75) is 0 Å². The molecule has 0 aromatic rings. The molecule has 0 unspecified atom stereocenters. The van der Waals surface area contributed by atoms with Gasteiger partial charge in [0.25, 0.3) is 5.91 Å². The number of ether oxygens (including phenoxy) is 1. The Hall–Kier alpha value is -1.73. The maximum Gasteiger partial charge on any atom is 0.269 e. The predicted octanol–water partition coefficient (Wildman–Crippen LogP) is -0.527. The Morgan fingerprint density at radius 3 is 3.12 bits per heavy atom. The van der Waals surface area contributed by atoms with Crippen LogP contribution in [-0.4, -0.2) is 37.7 Å². The van der Waals surface area contributed by atoms with Crippen LogP contribution >= 0.6 is 0 Å². The van der Waals surface area contributed by atoms with E-state index in [1.165, 1.54) is 13.2 Å². The molecule has 0 aliphatic carbocycles. The summed E-state index contributed by atoms with van der Waals surface area (Å²) in [5, 5.41) is 6.58. The topological polar surface area (TPSA) is 97.0 Å². The molecule has 1 rings (SSSR count). The number of hydrogen-bond acceptors (Lipinski definition) is 6. The number of rotatable bonds is 5. The van der Waals surface area contributed by atoms with Gasteiger partial charge in [-0.1, -0.05) is 0 Å². The van der Waals surface area contributed by atoms with Gasteiger partial charge in [0.2, 0.25) is 0 Å². The van der Waals surface area contributed by atoms with Gasteiger partial charge < -0.3 is 10.1 Å². The van der Waals surface area contributed by atoms with E-state index in [1.54, 1.807) is 6.20 Å². The first-order valence-corrected chi connectivity index (χ1v) is 4.72. The molecule has 3 N–H and O–H groups in total. The van der Waals surface area contributed by atoms with Gasteiger partial charge in [0.1, 0.15) is 5.70 Å². The summed E-state index contributed by atoms with van der Waals surface area (Å²) in [6.45, 7) is 0.826. The Morgan fingerprint density at radius 2 is 2.50 bits per heavy atom. The number of nitrogens with two attached hydrogens (primary N) is 1. The summed E-state index contributed by atoms with van der Waals surface area (Å²) in [4.78, 5) is 22.3. The Kier molecular flexibility index (Phi) is 4.62. The second-order valence-corrected chi connectivity index (χ2v) is 3.16. The van der Waals surface area contributed by atoms with Crippen molar-refractivity contribution in [2.24, 2.45) is 11.0 Å². The Morgan fingerprint density at radius 1 is 1.75 bits per heavy atom. The molecule has 0 spiro atoms. The molecule has 7 nitrogen and oxygen atoms in total. The van der Waals surface area contributed by atoms with Crippen LogP contribution in [0.5, 0.6) is 0 Å². The van der Waals surface area contributed by atoms with E-state index in [0.717, 1.165) is 5.01 Å². The zero-order chi connectivity index (χ0) is 12.0. The van der Waals surface area contributed by atoms with Crippen LogP contribution in [0.25, 0.3) is 0 Å². The van der Waals surface area contributed by atoms with Gasteiger partial charge in [-0.25, -0.2) is 5.84 Å². The summed E-state index contributed by atoms with van der Waals surface area (Å²) in [5.41, 5.74) is 0.368. The third-order valence-corrected chi connectivity index (χ3v) is 2.09. The Bertz CT molecular complexity index is 338. The summed E-state index contributed by atoms with van der Waals surface area (Å²) in [7, 11) is 1.51. The average Bonchev–Trinajstić information content (AvgIpc) is 2.34. The lowest BCUT2D eigenvalue weighted by Gasteiger charge is -2.18. The van der Waals surface area contributed by atoms with E-state index >= 15 is 0 Å². The standard InChI is InChI=1S/C9H14N4O3/c1-16-5-4-13(10)9(14)7-2-3-11-6-8(7)12-15/h2-3,11H,4-6,10H2,1H3. The van der Waals surface area contributed by atoms with Crippen LogP contribution in [0.15, 0.2) is 28.7 Å². The van der Waals surface area contributed by atoms with Crippen molar-refractivity contribution in [2.75, 3.05) is 26.8 Å². The summed E-state index contributed by atoms with van der Waals surface area (Å²) in [6.07, 6.45) is 3.06. The van der Waals surface area contributed by atoms with Crippen molar-refractivity contribution < 1.29 is 9.53 Å². The van der Waals surface area contributed by atoms with Crippen LogP contribution in [0.4, 0.5) is 0 Å². The minimum absolute atomic E-state index is 0.153. The lowest BCUT2D eigenvalue weighted by Crippen LogP contribution is -2.41. The fourth-order valence-corrected chi connectivity index (χ4v) is 1.21. The summed E-state index contributed by atoms with van der Waals surface area (Å²) in [5.74, 6) is 5.08. The first kappa shape index (κ1) is 12.3. The fourth-order valence-electron chi connectivity index (χ4n) is 1.21. The maximum atomic E-state index is 11.8. The molecular formula is C9H14N4O3. The van der Waals surface area contributed by atoms with Crippen LogP contribution in [-0.2, 0) is 9.53 Å². The second-order valence-electron chi connectivity index (χ2n) is 3.16. The number of hydrogen-bond donors (Lipinski definition) is 2. The van der Waals surface area contributed by atoms with Crippen molar-refractivity contribution in [3.05, 3.63) is 28.5 Å². The van der Waals surface area contributed by atoms with E-state index in [0.29, 0.717) is 6.61 Å². The lowest BCUT2D eigenvalue weighted by atomic mass is 10.1. The van der Waals surface area contributed by atoms with Crippen LogP contribution < -0.4 is 11.2 Å². The number of carbonyl (C=O) groups is 1. The highest BCUT2D eigenvalue weighted by Crippen LogP contribution is 2.12. The molecule has 0 saturated carbocycles. The van der Waals surface area contributed by atoms with Crippen LogP contribution in [0, 0.1) is 4.91 Å². The third kappa shape index (κ3) is 2.88. The Labute approximate surface area is 92.9 Å². The van der Waals surface area contributed by atoms with Gasteiger partial charge >= 0.3 is 0 Å². The van der Waals surface area contributed by atoms with E-state index in [9.17, 15) is 9.70 Å². The van der Waals surface area contributed by atoms with E-state index < -0.39 is 5.91 Å². The van der Waals surface area contributed by atoms with Gasteiger partial charge in [0.15, 0.2) is 0 Å². The van der Waals surface area contributed by atoms with Crippen molar-refractivity contribution in [1.82, 2.24) is 10.3 Å². The largest absolute Gasteiger partial charge is 0.385 e. The van der Waals surface area contributed by atoms with Crippen LogP contribution in [0.3, 0.4) is 0 Å². The zero-order valence-corrected chi connectivity index (χ0v) is 8.97. The summed E-state index contributed by atoms with van der Waals surface area (Å²) in [6, 6.07) is 0. The molecule has 0 radical (unpaired) electrons. The molecule has 1 aliphatic heterocycles. The van der Waals surface area contributed by atoms with Gasteiger partial charge in [-0.2, -0.15) is 0 Å². The van der Waals surface area contributed by atoms with Gasteiger partial charge in [0, 0.05) is 7.11 Å². The molecule has 1 amide bonds. The quantitative estimate of drug-likeness (QED) is 0.284. The minimum atomic E-state index is -0.440. The molecular weight excluding hydrogens is 212 g/mol. The number of carbonyl (C=O) groups excluding carboxylic acids is 1. The molecule has 0 atom stereocenters. The lowest BCUT2D eigenvalue weighted by molar-refractivity contribution is -0.127. The third-order valence-electron chi connectivity index (χ3n) is 2.09. The molecule has 7 heteroatoms. The first-order chi connectivity index (χ1) is 7.70. The van der Waals surface area contributed by atoms with E-state index in [4.69, 9.17) is 10.6 Å². The van der Waals surface area contributed by atoms with E-state index in [2.05, 4.69) is 10.5 Å². The summed E-state index contributed by atoms with van der Waals surface area (Å²) >= 11 is 0. The number of nitrogens with zero attached hydrogens (tertiary/aromatic N) is 2. The average molecular weight is 226 g/mol. The SMILES string of the molecule is COCCN(N)C(=O)C1=C(N=O)CNC=C1. The normalized spacial score (nSPS) is 14.6. The number of nitroso groups, excluding NO2 is 1. The number of hydrazine groups is 1. The fraction of sp³-hybridized carbons (Fsp3) is 0.444. The number of nitrogens with one attached hydrogen (secondary N) is 1. The van der Waals surface area contributed by atoms with E-state index in [-0.39, 0.29) is 24.4 Å². The van der Waals surface area contributed by atoms with Gasteiger partial charge in [-0.3, -0.25) is 9.80 Å². The second kappa shape index (κ2) is 5.99. The van der Waals surface area contributed by atoms with Crippen molar-refractivity contribution in [3.8, 4) is 0 Å². The highest BCUT2D eigenvalue weighted by Gasteiger charge is 2.19. The first-order valence-electron chi connectivity index (χ1n) is 4.72. The molecule has 0 aromatic carbocycles. The molecule has 88 valence electrons. The number of methoxy groups -OCH3 is 1. The number of dihydropyridines is 1.